The quantitative estimate of drug-likeness (QED) is 0.753. The Kier molecular flexibility index (Phi) is 3.51. The second-order valence-corrected chi connectivity index (χ2v) is 3.92. The van der Waals surface area contributed by atoms with Crippen LogP contribution in [-0.2, 0) is 6.54 Å². The van der Waals surface area contributed by atoms with Gasteiger partial charge < -0.3 is 4.57 Å². The molecule has 0 amide bonds. The van der Waals surface area contributed by atoms with Crippen molar-refractivity contribution in [3.05, 3.63) is 36.4 Å². The first-order valence-electron chi connectivity index (χ1n) is 5.62. The van der Waals surface area contributed by atoms with E-state index in [0.29, 0.717) is 6.42 Å². The fourth-order valence-corrected chi connectivity index (χ4v) is 1.64. The summed E-state index contributed by atoms with van der Waals surface area (Å²) in [5.74, 6) is 0. The zero-order valence-electron chi connectivity index (χ0n) is 9.80. The van der Waals surface area contributed by atoms with Gasteiger partial charge in [0.25, 0.3) is 0 Å². The summed E-state index contributed by atoms with van der Waals surface area (Å²) in [5.41, 5.74) is 2.76. The molecule has 0 aromatic carbocycles. The molecule has 0 saturated heterocycles. The molecular formula is C13H14N4. The van der Waals surface area contributed by atoms with Crippen LogP contribution in [-0.4, -0.2) is 14.5 Å². The molecule has 0 aliphatic rings. The molecule has 4 heteroatoms. The van der Waals surface area contributed by atoms with E-state index < -0.39 is 0 Å². The third kappa shape index (κ3) is 2.91. The molecule has 0 N–H and O–H groups in total. The maximum absolute atomic E-state index is 8.47. The van der Waals surface area contributed by atoms with E-state index in [1.807, 2.05) is 35.9 Å². The van der Waals surface area contributed by atoms with Crippen molar-refractivity contribution in [2.75, 3.05) is 0 Å². The first-order valence-corrected chi connectivity index (χ1v) is 5.62. The molecule has 2 heterocycles. The number of hydrogen-bond donors (Lipinski definition) is 0. The predicted octanol–water partition coefficient (Wildman–Crippen LogP) is 2.56. The summed E-state index contributed by atoms with van der Waals surface area (Å²) in [7, 11) is 0. The van der Waals surface area contributed by atoms with E-state index >= 15 is 0 Å². The molecule has 0 spiro atoms. The lowest BCUT2D eigenvalue weighted by molar-refractivity contribution is 0.653. The Bertz CT molecular complexity index is 536. The predicted molar refractivity (Wildman–Crippen MR) is 65.0 cm³/mol. The Labute approximate surface area is 101 Å². The molecule has 0 bridgehead atoms. The number of rotatable bonds is 4. The molecule has 0 unspecified atom stereocenters. The van der Waals surface area contributed by atoms with E-state index in [2.05, 4.69) is 16.0 Å². The fraction of sp³-hybridized carbons (Fsp3) is 0.308. The van der Waals surface area contributed by atoms with Crippen molar-refractivity contribution in [2.24, 2.45) is 0 Å². The number of unbranched alkanes of at least 4 members (excludes halogenated alkanes) is 1. The van der Waals surface area contributed by atoms with Crippen LogP contribution in [0.3, 0.4) is 0 Å². The number of nitrogens with zero attached hydrogens (tertiary/aromatic N) is 4. The van der Waals surface area contributed by atoms with Gasteiger partial charge in [-0.05, 0) is 25.5 Å². The summed E-state index contributed by atoms with van der Waals surface area (Å²) in [6.07, 6.45) is 5.19. The van der Waals surface area contributed by atoms with Crippen molar-refractivity contribution in [3.8, 4) is 17.5 Å². The Morgan fingerprint density at radius 1 is 1.35 bits per heavy atom. The van der Waals surface area contributed by atoms with Crippen molar-refractivity contribution in [3.63, 3.8) is 0 Å². The van der Waals surface area contributed by atoms with Crippen LogP contribution in [0.15, 0.2) is 30.7 Å². The zero-order valence-corrected chi connectivity index (χ0v) is 9.80. The fourth-order valence-electron chi connectivity index (χ4n) is 1.64. The third-order valence-corrected chi connectivity index (χ3v) is 2.49. The lowest BCUT2D eigenvalue weighted by atomic mass is 10.2. The normalized spacial score (nSPS) is 10.1. The van der Waals surface area contributed by atoms with Crippen molar-refractivity contribution >= 4 is 0 Å². The average Bonchev–Trinajstić information content (AvgIpc) is 2.78. The summed E-state index contributed by atoms with van der Waals surface area (Å²) in [5, 5.41) is 8.47. The van der Waals surface area contributed by atoms with E-state index in [1.54, 1.807) is 6.33 Å². The lowest BCUT2D eigenvalue weighted by Crippen LogP contribution is -1.93. The molecule has 0 atom stereocenters. The van der Waals surface area contributed by atoms with Crippen molar-refractivity contribution in [2.45, 2.75) is 26.3 Å². The van der Waals surface area contributed by atoms with Gasteiger partial charge in [0, 0.05) is 24.9 Å². The number of imidazole rings is 1. The Balaban J connectivity index is 2.10. The van der Waals surface area contributed by atoms with Gasteiger partial charge in [-0.15, -0.1) is 0 Å². The van der Waals surface area contributed by atoms with E-state index in [4.69, 9.17) is 5.26 Å². The molecule has 2 aromatic heterocycles. The maximum atomic E-state index is 8.47. The van der Waals surface area contributed by atoms with E-state index in [9.17, 15) is 0 Å². The summed E-state index contributed by atoms with van der Waals surface area (Å²) >= 11 is 0. The highest BCUT2D eigenvalue weighted by molar-refractivity contribution is 5.52. The van der Waals surface area contributed by atoms with Crippen LogP contribution in [0, 0.1) is 18.3 Å². The second-order valence-electron chi connectivity index (χ2n) is 3.92. The smallest absolute Gasteiger partial charge is 0.107 e. The number of nitriles is 1. The van der Waals surface area contributed by atoms with Gasteiger partial charge in [0.1, 0.15) is 5.69 Å². The van der Waals surface area contributed by atoms with E-state index in [0.717, 1.165) is 30.0 Å². The standard InChI is InChI=1S/C13H14N4/c1-11-5-4-6-12(16-11)13-9-17(10-15-13)8-3-2-7-14/h4-6,9-10H,2-3,8H2,1H3. The molecule has 17 heavy (non-hydrogen) atoms. The van der Waals surface area contributed by atoms with Gasteiger partial charge in [-0.2, -0.15) is 5.26 Å². The molecular weight excluding hydrogens is 212 g/mol. The van der Waals surface area contributed by atoms with Crippen LogP contribution < -0.4 is 0 Å². The van der Waals surface area contributed by atoms with E-state index in [-0.39, 0.29) is 0 Å². The van der Waals surface area contributed by atoms with Crippen LogP contribution in [0.2, 0.25) is 0 Å². The largest absolute Gasteiger partial charge is 0.337 e. The van der Waals surface area contributed by atoms with Gasteiger partial charge in [-0.1, -0.05) is 6.07 Å². The first kappa shape index (κ1) is 11.3. The summed E-state index contributed by atoms with van der Waals surface area (Å²) in [6, 6.07) is 8.04. The minimum absolute atomic E-state index is 0.580. The van der Waals surface area contributed by atoms with Crippen LogP contribution in [0.1, 0.15) is 18.5 Å². The molecule has 0 aliphatic carbocycles. The van der Waals surface area contributed by atoms with Crippen LogP contribution in [0.4, 0.5) is 0 Å². The monoisotopic (exact) mass is 226 g/mol. The minimum Gasteiger partial charge on any atom is -0.337 e. The topological polar surface area (TPSA) is 54.5 Å². The average molecular weight is 226 g/mol. The Morgan fingerprint density at radius 3 is 3.00 bits per heavy atom. The minimum atomic E-state index is 0.580. The van der Waals surface area contributed by atoms with Crippen molar-refractivity contribution in [1.29, 1.82) is 5.26 Å². The summed E-state index contributed by atoms with van der Waals surface area (Å²) in [6.45, 7) is 2.79. The number of aromatic nitrogens is 3. The maximum Gasteiger partial charge on any atom is 0.107 e. The third-order valence-electron chi connectivity index (χ3n) is 2.49. The summed E-state index contributed by atoms with van der Waals surface area (Å²) < 4.78 is 2.00. The SMILES string of the molecule is Cc1cccc(-c2cn(CCCC#N)cn2)n1. The van der Waals surface area contributed by atoms with Gasteiger partial charge >= 0.3 is 0 Å². The van der Waals surface area contributed by atoms with Crippen molar-refractivity contribution in [1.82, 2.24) is 14.5 Å². The zero-order chi connectivity index (χ0) is 12.1. The molecule has 2 rings (SSSR count). The summed E-state index contributed by atoms with van der Waals surface area (Å²) in [4.78, 5) is 8.75. The van der Waals surface area contributed by atoms with Crippen LogP contribution >= 0.6 is 0 Å². The van der Waals surface area contributed by atoms with Gasteiger partial charge in [0.2, 0.25) is 0 Å². The molecule has 2 aromatic rings. The van der Waals surface area contributed by atoms with Crippen LogP contribution in [0.5, 0.6) is 0 Å². The molecule has 0 radical (unpaired) electrons. The highest BCUT2D eigenvalue weighted by Gasteiger charge is 2.03. The highest BCUT2D eigenvalue weighted by atomic mass is 15.0. The number of aryl methyl sites for hydroxylation is 2. The van der Waals surface area contributed by atoms with Crippen molar-refractivity contribution < 1.29 is 0 Å². The van der Waals surface area contributed by atoms with E-state index in [1.165, 1.54) is 0 Å². The van der Waals surface area contributed by atoms with Gasteiger partial charge in [0.15, 0.2) is 0 Å². The highest BCUT2D eigenvalue weighted by Crippen LogP contribution is 2.14. The molecule has 0 saturated carbocycles. The Hall–Kier alpha value is -2.15. The molecule has 0 fully saturated rings. The van der Waals surface area contributed by atoms with Gasteiger partial charge in [-0.3, -0.25) is 4.98 Å². The van der Waals surface area contributed by atoms with Crippen LogP contribution in [0.25, 0.3) is 11.4 Å². The lowest BCUT2D eigenvalue weighted by Gasteiger charge is -1.98. The molecule has 0 aliphatic heterocycles. The number of pyridine rings is 1. The van der Waals surface area contributed by atoms with Gasteiger partial charge in [-0.25, -0.2) is 4.98 Å². The molecule has 86 valence electrons. The first-order chi connectivity index (χ1) is 8.29. The molecule has 4 nitrogen and oxygen atoms in total. The second kappa shape index (κ2) is 5.26. The van der Waals surface area contributed by atoms with Gasteiger partial charge in [0.05, 0.1) is 18.1 Å². The Morgan fingerprint density at radius 2 is 2.24 bits per heavy atom. The number of hydrogen-bond acceptors (Lipinski definition) is 3.